The van der Waals surface area contributed by atoms with E-state index in [0.717, 1.165) is 45.1 Å². The normalized spacial score (nSPS) is 23.4. The summed E-state index contributed by atoms with van der Waals surface area (Å²) in [6, 6.07) is 18.5. The molecule has 5 heteroatoms. The number of hydrogen-bond acceptors (Lipinski definition) is 4. The first kappa shape index (κ1) is 18.0. The second-order valence-corrected chi connectivity index (χ2v) is 7.48. The number of hydrogen-bond donors (Lipinski definition) is 1. The van der Waals surface area contributed by atoms with Crippen molar-refractivity contribution in [2.45, 2.75) is 5.92 Å². The van der Waals surface area contributed by atoms with Gasteiger partial charge in [0.05, 0.1) is 19.1 Å². The van der Waals surface area contributed by atoms with Gasteiger partial charge in [-0.15, -0.1) is 0 Å². The zero-order chi connectivity index (χ0) is 18.6. The smallest absolute Gasteiger partial charge is 0.229 e. The van der Waals surface area contributed by atoms with Crippen molar-refractivity contribution in [2.75, 3.05) is 56.7 Å². The van der Waals surface area contributed by atoms with Crippen LogP contribution in [0.5, 0.6) is 0 Å². The van der Waals surface area contributed by atoms with Gasteiger partial charge in [-0.3, -0.25) is 4.79 Å². The SMILES string of the molecule is CN1C[C@H](c2ccccc2)[C@H](C(=O)Nc2ccc(N3CCOCC3)cc2)C1. The lowest BCUT2D eigenvalue weighted by Gasteiger charge is -2.29. The van der Waals surface area contributed by atoms with Gasteiger partial charge in [0.15, 0.2) is 0 Å². The van der Waals surface area contributed by atoms with Crippen LogP contribution in [0.15, 0.2) is 54.6 Å². The van der Waals surface area contributed by atoms with Crippen LogP contribution in [0.3, 0.4) is 0 Å². The molecule has 0 saturated carbocycles. The molecule has 27 heavy (non-hydrogen) atoms. The molecule has 2 fully saturated rings. The summed E-state index contributed by atoms with van der Waals surface area (Å²) in [5, 5.41) is 3.13. The van der Waals surface area contributed by atoms with Crippen molar-refractivity contribution in [3.63, 3.8) is 0 Å². The molecular weight excluding hydrogens is 338 g/mol. The van der Waals surface area contributed by atoms with Crippen molar-refractivity contribution >= 4 is 17.3 Å². The molecule has 1 N–H and O–H groups in total. The average molecular weight is 365 g/mol. The van der Waals surface area contributed by atoms with E-state index < -0.39 is 0 Å². The van der Waals surface area contributed by atoms with Crippen LogP contribution in [0, 0.1) is 5.92 Å². The third kappa shape index (κ3) is 4.15. The number of nitrogens with one attached hydrogen (secondary N) is 1. The molecule has 0 aliphatic carbocycles. The van der Waals surface area contributed by atoms with Crippen LogP contribution in [0.1, 0.15) is 11.5 Å². The molecule has 0 spiro atoms. The summed E-state index contributed by atoms with van der Waals surface area (Å²) in [5.41, 5.74) is 3.28. The molecule has 2 heterocycles. The monoisotopic (exact) mass is 365 g/mol. The maximum absolute atomic E-state index is 13.0. The number of nitrogens with zero attached hydrogens (tertiary/aromatic N) is 2. The number of likely N-dealkylation sites (N-methyl/N-ethyl adjacent to an activating group) is 1. The zero-order valence-corrected chi connectivity index (χ0v) is 15.8. The molecule has 4 rings (SSSR count). The lowest BCUT2D eigenvalue weighted by atomic mass is 9.88. The number of amides is 1. The highest BCUT2D eigenvalue weighted by atomic mass is 16.5. The third-order valence-electron chi connectivity index (χ3n) is 5.58. The van der Waals surface area contributed by atoms with Gasteiger partial charge in [-0.05, 0) is 36.9 Å². The summed E-state index contributed by atoms with van der Waals surface area (Å²) in [5.74, 6) is 0.312. The summed E-state index contributed by atoms with van der Waals surface area (Å²) < 4.78 is 5.41. The van der Waals surface area contributed by atoms with Gasteiger partial charge >= 0.3 is 0 Å². The van der Waals surface area contributed by atoms with E-state index >= 15 is 0 Å². The first-order chi connectivity index (χ1) is 13.2. The van der Waals surface area contributed by atoms with Gasteiger partial charge in [0.1, 0.15) is 0 Å². The Labute approximate surface area is 160 Å². The minimum atomic E-state index is -0.0312. The Balaban J connectivity index is 1.43. The van der Waals surface area contributed by atoms with Gasteiger partial charge < -0.3 is 19.9 Å². The van der Waals surface area contributed by atoms with E-state index in [-0.39, 0.29) is 17.7 Å². The predicted octanol–water partition coefficient (Wildman–Crippen LogP) is 2.81. The molecule has 0 unspecified atom stereocenters. The van der Waals surface area contributed by atoms with Crippen molar-refractivity contribution in [1.82, 2.24) is 4.90 Å². The highest BCUT2D eigenvalue weighted by Gasteiger charge is 2.36. The highest BCUT2D eigenvalue weighted by molar-refractivity contribution is 5.93. The molecule has 2 aromatic rings. The number of benzene rings is 2. The van der Waals surface area contributed by atoms with Crippen LogP contribution in [0.25, 0.3) is 0 Å². The number of anilines is 2. The van der Waals surface area contributed by atoms with E-state index in [1.807, 2.05) is 30.3 Å². The molecule has 2 aromatic carbocycles. The zero-order valence-electron chi connectivity index (χ0n) is 15.8. The highest BCUT2D eigenvalue weighted by Crippen LogP contribution is 2.33. The standard InChI is InChI=1S/C22H27N3O2/c1-24-15-20(17-5-3-2-4-6-17)21(16-24)22(26)23-18-7-9-19(10-8-18)25-11-13-27-14-12-25/h2-10,20-21H,11-16H2,1H3,(H,23,26)/t20-,21-/m1/s1. The van der Waals surface area contributed by atoms with Gasteiger partial charge in [0, 0.05) is 43.5 Å². The number of likely N-dealkylation sites (tertiary alicyclic amines) is 1. The van der Waals surface area contributed by atoms with E-state index in [1.165, 1.54) is 11.3 Å². The average Bonchev–Trinajstić information content (AvgIpc) is 3.12. The van der Waals surface area contributed by atoms with Crippen LogP contribution in [-0.2, 0) is 9.53 Å². The Kier molecular flexibility index (Phi) is 5.41. The first-order valence-electron chi connectivity index (χ1n) is 9.68. The predicted molar refractivity (Wildman–Crippen MR) is 108 cm³/mol. The maximum Gasteiger partial charge on any atom is 0.229 e. The summed E-state index contributed by atoms with van der Waals surface area (Å²) in [6.07, 6.45) is 0. The van der Waals surface area contributed by atoms with Crippen molar-refractivity contribution in [1.29, 1.82) is 0 Å². The summed E-state index contributed by atoms with van der Waals surface area (Å²) >= 11 is 0. The molecule has 1 amide bonds. The molecule has 142 valence electrons. The van der Waals surface area contributed by atoms with Gasteiger partial charge in [-0.2, -0.15) is 0 Å². The summed E-state index contributed by atoms with van der Waals surface area (Å²) in [6.45, 7) is 5.08. The Bertz CT molecular complexity index is 757. The molecule has 2 atom stereocenters. The Morgan fingerprint density at radius 1 is 1.00 bits per heavy atom. The Morgan fingerprint density at radius 3 is 2.41 bits per heavy atom. The molecule has 0 radical (unpaired) electrons. The third-order valence-corrected chi connectivity index (χ3v) is 5.58. The number of carbonyl (C=O) groups is 1. The summed E-state index contributed by atoms with van der Waals surface area (Å²) in [4.78, 5) is 17.5. The van der Waals surface area contributed by atoms with Crippen LogP contribution in [0.2, 0.25) is 0 Å². The topological polar surface area (TPSA) is 44.8 Å². The van der Waals surface area contributed by atoms with Crippen LogP contribution in [0.4, 0.5) is 11.4 Å². The first-order valence-corrected chi connectivity index (χ1v) is 9.68. The fraction of sp³-hybridized carbons (Fsp3) is 0.409. The van der Waals surface area contributed by atoms with E-state index in [0.29, 0.717) is 0 Å². The second-order valence-electron chi connectivity index (χ2n) is 7.48. The second kappa shape index (κ2) is 8.11. The quantitative estimate of drug-likeness (QED) is 0.905. The molecule has 5 nitrogen and oxygen atoms in total. The fourth-order valence-electron chi connectivity index (χ4n) is 4.12. The van der Waals surface area contributed by atoms with Gasteiger partial charge in [0.2, 0.25) is 5.91 Å². The van der Waals surface area contributed by atoms with Gasteiger partial charge in [-0.25, -0.2) is 0 Å². The Hall–Kier alpha value is -2.37. The van der Waals surface area contributed by atoms with Gasteiger partial charge in [0.25, 0.3) is 0 Å². The minimum Gasteiger partial charge on any atom is -0.378 e. The van der Waals surface area contributed by atoms with E-state index in [9.17, 15) is 4.79 Å². The van der Waals surface area contributed by atoms with Crippen LogP contribution >= 0.6 is 0 Å². The van der Waals surface area contributed by atoms with Gasteiger partial charge in [-0.1, -0.05) is 30.3 Å². The lowest BCUT2D eigenvalue weighted by molar-refractivity contribution is -0.119. The number of rotatable bonds is 4. The van der Waals surface area contributed by atoms with Crippen LogP contribution < -0.4 is 10.2 Å². The molecule has 2 aliphatic rings. The van der Waals surface area contributed by atoms with E-state index in [4.69, 9.17) is 4.74 Å². The minimum absolute atomic E-state index is 0.0312. The van der Waals surface area contributed by atoms with Crippen molar-refractivity contribution in [2.24, 2.45) is 5.92 Å². The van der Waals surface area contributed by atoms with E-state index in [1.54, 1.807) is 0 Å². The van der Waals surface area contributed by atoms with E-state index in [2.05, 4.69) is 46.4 Å². The summed E-state index contributed by atoms with van der Waals surface area (Å²) in [7, 11) is 2.08. The number of carbonyl (C=O) groups excluding carboxylic acids is 1. The number of ether oxygens (including phenoxy) is 1. The molecule has 2 aliphatic heterocycles. The molecular formula is C22H27N3O2. The maximum atomic E-state index is 13.0. The fourth-order valence-corrected chi connectivity index (χ4v) is 4.12. The molecule has 0 bridgehead atoms. The van der Waals surface area contributed by atoms with Crippen molar-refractivity contribution < 1.29 is 9.53 Å². The van der Waals surface area contributed by atoms with Crippen molar-refractivity contribution in [3.05, 3.63) is 60.2 Å². The number of morpholine rings is 1. The lowest BCUT2D eigenvalue weighted by Crippen LogP contribution is -2.36. The Morgan fingerprint density at radius 2 is 1.70 bits per heavy atom. The van der Waals surface area contributed by atoms with Crippen molar-refractivity contribution in [3.8, 4) is 0 Å². The molecule has 2 saturated heterocycles. The largest absolute Gasteiger partial charge is 0.378 e. The van der Waals surface area contributed by atoms with Crippen LogP contribution in [-0.4, -0.2) is 57.2 Å². The molecule has 0 aromatic heterocycles.